The molecule has 0 aromatic carbocycles. The molecule has 0 radical (unpaired) electrons. The maximum Gasteiger partial charge on any atom is 0.257 e. The Bertz CT molecular complexity index is 677. The number of carbonyl (C=O) groups is 3. The van der Waals surface area contributed by atoms with Crippen LogP contribution < -0.4 is 0 Å². The highest BCUT2D eigenvalue weighted by molar-refractivity contribution is 5.95. The van der Waals surface area contributed by atoms with Crippen LogP contribution in [0.15, 0.2) is 10.5 Å². The third-order valence-electron chi connectivity index (χ3n) is 4.80. The summed E-state index contributed by atoms with van der Waals surface area (Å²) in [5, 5.41) is 0. The molecule has 1 fully saturated rings. The van der Waals surface area contributed by atoms with E-state index in [9.17, 15) is 14.4 Å². The third-order valence-corrected chi connectivity index (χ3v) is 4.80. The number of rotatable bonds is 7. The molecule has 0 unspecified atom stereocenters. The van der Waals surface area contributed by atoms with Gasteiger partial charge in [0.1, 0.15) is 11.5 Å². The van der Waals surface area contributed by atoms with E-state index in [4.69, 9.17) is 9.15 Å². The van der Waals surface area contributed by atoms with E-state index >= 15 is 0 Å². The van der Waals surface area contributed by atoms with Crippen molar-refractivity contribution in [1.29, 1.82) is 0 Å². The van der Waals surface area contributed by atoms with Gasteiger partial charge in [-0.25, -0.2) is 0 Å². The molecule has 1 saturated heterocycles. The molecule has 0 N–H and O–H groups in total. The molecule has 0 bridgehead atoms. The monoisotopic (exact) mass is 379 g/mol. The number of carbonyl (C=O) groups excluding carboxylic acids is 3. The van der Waals surface area contributed by atoms with Crippen molar-refractivity contribution >= 4 is 17.7 Å². The molecule has 0 atom stereocenters. The molecule has 1 aromatic rings. The summed E-state index contributed by atoms with van der Waals surface area (Å²) in [7, 11) is 1.58. The number of amides is 3. The van der Waals surface area contributed by atoms with Crippen LogP contribution >= 0.6 is 0 Å². The highest BCUT2D eigenvalue weighted by Crippen LogP contribution is 2.16. The second-order valence-corrected chi connectivity index (χ2v) is 6.75. The number of methoxy groups -OCH3 is 1. The van der Waals surface area contributed by atoms with E-state index in [2.05, 4.69) is 0 Å². The van der Waals surface area contributed by atoms with Crippen molar-refractivity contribution in [2.45, 2.75) is 27.2 Å². The molecule has 0 saturated carbocycles. The minimum atomic E-state index is -0.157. The van der Waals surface area contributed by atoms with Crippen molar-refractivity contribution in [3.05, 3.63) is 23.2 Å². The smallest absolute Gasteiger partial charge is 0.257 e. The highest BCUT2D eigenvalue weighted by atomic mass is 16.5. The second kappa shape index (κ2) is 9.55. The minimum absolute atomic E-state index is 0.00600. The Morgan fingerprint density at radius 3 is 2.26 bits per heavy atom. The van der Waals surface area contributed by atoms with Crippen LogP contribution in [0.5, 0.6) is 0 Å². The first-order valence-electron chi connectivity index (χ1n) is 9.22. The summed E-state index contributed by atoms with van der Waals surface area (Å²) in [6.07, 6.45) is 0.241. The molecule has 3 amide bonds. The van der Waals surface area contributed by atoms with Gasteiger partial charge >= 0.3 is 0 Å². The van der Waals surface area contributed by atoms with Gasteiger partial charge in [0.2, 0.25) is 11.8 Å². The van der Waals surface area contributed by atoms with E-state index in [-0.39, 0.29) is 24.1 Å². The zero-order valence-corrected chi connectivity index (χ0v) is 16.6. The van der Waals surface area contributed by atoms with Crippen LogP contribution in [0.4, 0.5) is 0 Å². The molecular formula is C19H29N3O5. The first-order chi connectivity index (χ1) is 12.8. The Labute approximate surface area is 160 Å². The van der Waals surface area contributed by atoms with E-state index in [1.807, 2.05) is 0 Å². The van der Waals surface area contributed by atoms with E-state index in [0.717, 1.165) is 0 Å². The lowest BCUT2D eigenvalue weighted by Gasteiger charge is -2.34. The molecule has 1 aliphatic rings. The predicted octanol–water partition coefficient (Wildman–Crippen LogP) is 1.07. The molecule has 8 nitrogen and oxygen atoms in total. The summed E-state index contributed by atoms with van der Waals surface area (Å²) in [5.74, 6) is 1.13. The van der Waals surface area contributed by atoms with Gasteiger partial charge in [-0.2, -0.15) is 0 Å². The van der Waals surface area contributed by atoms with Crippen LogP contribution in [0, 0.1) is 13.8 Å². The number of furan rings is 1. The SMILES string of the molecule is COCCN(CCC(=O)N1CCN(C(C)=O)CC1)C(=O)c1cc(C)oc1C. The lowest BCUT2D eigenvalue weighted by atomic mass is 10.2. The van der Waals surface area contributed by atoms with Crippen molar-refractivity contribution in [3.63, 3.8) is 0 Å². The van der Waals surface area contributed by atoms with Crippen LogP contribution in [0.1, 0.15) is 35.2 Å². The molecule has 27 heavy (non-hydrogen) atoms. The van der Waals surface area contributed by atoms with Crippen LogP contribution in [-0.4, -0.2) is 85.4 Å². The molecular weight excluding hydrogens is 350 g/mol. The first kappa shape index (κ1) is 21.0. The van der Waals surface area contributed by atoms with Crippen molar-refractivity contribution in [3.8, 4) is 0 Å². The summed E-state index contributed by atoms with van der Waals surface area (Å²) < 4.78 is 10.6. The van der Waals surface area contributed by atoms with Gasteiger partial charge in [-0.1, -0.05) is 0 Å². The van der Waals surface area contributed by atoms with Gasteiger partial charge in [-0.3, -0.25) is 14.4 Å². The molecule has 2 heterocycles. The highest BCUT2D eigenvalue weighted by Gasteiger charge is 2.25. The van der Waals surface area contributed by atoms with Gasteiger partial charge in [-0.05, 0) is 19.9 Å². The van der Waals surface area contributed by atoms with Gasteiger partial charge in [-0.15, -0.1) is 0 Å². The van der Waals surface area contributed by atoms with Crippen molar-refractivity contribution in [1.82, 2.24) is 14.7 Å². The Morgan fingerprint density at radius 1 is 1.11 bits per heavy atom. The standard InChI is InChI=1S/C19H29N3O5/c1-14-13-17(15(2)27-14)19(25)22(11-12-26-4)6-5-18(24)21-9-7-20(8-10-21)16(3)23/h13H,5-12H2,1-4H3. The topological polar surface area (TPSA) is 83.3 Å². The quantitative estimate of drug-likeness (QED) is 0.708. The molecule has 150 valence electrons. The Kier molecular flexibility index (Phi) is 7.41. The van der Waals surface area contributed by atoms with Crippen molar-refractivity contribution < 1.29 is 23.5 Å². The van der Waals surface area contributed by atoms with Crippen LogP contribution in [0.3, 0.4) is 0 Å². The number of hydrogen-bond donors (Lipinski definition) is 0. The zero-order valence-electron chi connectivity index (χ0n) is 16.6. The summed E-state index contributed by atoms with van der Waals surface area (Å²) in [6.45, 7) is 8.39. The van der Waals surface area contributed by atoms with Gasteiger partial charge in [0.05, 0.1) is 12.2 Å². The largest absolute Gasteiger partial charge is 0.466 e. The van der Waals surface area contributed by atoms with Crippen molar-refractivity contribution in [2.24, 2.45) is 0 Å². The fraction of sp³-hybridized carbons (Fsp3) is 0.632. The average Bonchev–Trinajstić information content (AvgIpc) is 2.99. The van der Waals surface area contributed by atoms with E-state index < -0.39 is 0 Å². The predicted molar refractivity (Wildman–Crippen MR) is 99.4 cm³/mol. The van der Waals surface area contributed by atoms with Crippen LogP contribution in [-0.2, 0) is 14.3 Å². The minimum Gasteiger partial charge on any atom is -0.466 e. The molecule has 2 rings (SSSR count). The zero-order chi connectivity index (χ0) is 20.0. The van der Waals surface area contributed by atoms with Gasteiger partial charge < -0.3 is 23.9 Å². The number of ether oxygens (including phenoxy) is 1. The lowest BCUT2D eigenvalue weighted by Crippen LogP contribution is -2.50. The second-order valence-electron chi connectivity index (χ2n) is 6.75. The number of aryl methyl sites for hydroxylation is 2. The van der Waals surface area contributed by atoms with Crippen LogP contribution in [0.25, 0.3) is 0 Å². The summed E-state index contributed by atoms with van der Waals surface area (Å²) >= 11 is 0. The lowest BCUT2D eigenvalue weighted by molar-refractivity contribution is -0.138. The Morgan fingerprint density at radius 2 is 1.74 bits per heavy atom. The van der Waals surface area contributed by atoms with E-state index in [1.54, 1.807) is 41.7 Å². The number of hydrogen-bond acceptors (Lipinski definition) is 5. The normalized spacial score (nSPS) is 14.4. The first-order valence-corrected chi connectivity index (χ1v) is 9.22. The molecule has 1 aliphatic heterocycles. The Balaban J connectivity index is 1.94. The third kappa shape index (κ3) is 5.56. The van der Waals surface area contributed by atoms with Gasteiger partial charge in [0.15, 0.2) is 0 Å². The van der Waals surface area contributed by atoms with Crippen LogP contribution in [0.2, 0.25) is 0 Å². The molecule has 0 aliphatic carbocycles. The van der Waals surface area contributed by atoms with Crippen molar-refractivity contribution in [2.75, 3.05) is 53.0 Å². The summed E-state index contributed by atoms with van der Waals surface area (Å²) in [5.41, 5.74) is 0.520. The Hall–Kier alpha value is -2.35. The van der Waals surface area contributed by atoms with Gasteiger partial charge in [0, 0.05) is 59.7 Å². The fourth-order valence-electron chi connectivity index (χ4n) is 3.19. The number of piperazine rings is 1. The maximum absolute atomic E-state index is 12.8. The average molecular weight is 379 g/mol. The van der Waals surface area contributed by atoms with E-state index in [0.29, 0.717) is 63.0 Å². The maximum atomic E-state index is 12.8. The van der Waals surface area contributed by atoms with Gasteiger partial charge in [0.25, 0.3) is 5.91 Å². The fourth-order valence-corrected chi connectivity index (χ4v) is 3.19. The molecule has 1 aromatic heterocycles. The summed E-state index contributed by atoms with van der Waals surface area (Å²) in [4.78, 5) is 41.9. The molecule has 8 heteroatoms. The molecule has 0 spiro atoms. The number of nitrogens with zero attached hydrogens (tertiary/aromatic N) is 3. The summed E-state index contributed by atoms with van der Waals surface area (Å²) in [6, 6.07) is 1.72. The van der Waals surface area contributed by atoms with E-state index in [1.165, 1.54) is 6.92 Å².